The normalized spacial score (nSPS) is 23.3. The van der Waals surface area contributed by atoms with Crippen molar-refractivity contribution in [1.29, 1.82) is 0 Å². The Balaban J connectivity index is 1.50. The van der Waals surface area contributed by atoms with E-state index in [1.54, 1.807) is 0 Å². The summed E-state index contributed by atoms with van der Waals surface area (Å²) < 4.78 is 5.57. The van der Waals surface area contributed by atoms with Crippen molar-refractivity contribution in [2.45, 2.75) is 38.5 Å². The SMILES string of the molecule is CN(CCOCC1CC1)C(=O)CCC1CCCNC1. The van der Waals surface area contributed by atoms with Crippen LogP contribution in [0.25, 0.3) is 0 Å². The second-order valence-electron chi connectivity index (χ2n) is 6.08. The van der Waals surface area contributed by atoms with Gasteiger partial charge < -0.3 is 15.0 Å². The van der Waals surface area contributed by atoms with E-state index < -0.39 is 0 Å². The zero-order valence-corrected chi connectivity index (χ0v) is 12.2. The number of rotatable bonds is 8. The lowest BCUT2D eigenvalue weighted by Gasteiger charge is -2.23. The summed E-state index contributed by atoms with van der Waals surface area (Å²) in [6.07, 6.45) is 6.89. The first-order chi connectivity index (χ1) is 9.25. The summed E-state index contributed by atoms with van der Waals surface area (Å²) in [5.74, 6) is 1.76. The van der Waals surface area contributed by atoms with E-state index in [0.717, 1.165) is 38.6 Å². The number of nitrogens with one attached hydrogen (secondary N) is 1. The number of hydrogen-bond acceptors (Lipinski definition) is 3. The highest BCUT2D eigenvalue weighted by Gasteiger charge is 2.21. The number of hydrogen-bond donors (Lipinski definition) is 1. The quantitative estimate of drug-likeness (QED) is 0.681. The average molecular weight is 268 g/mol. The molecule has 1 N–H and O–H groups in total. The van der Waals surface area contributed by atoms with Gasteiger partial charge in [0.15, 0.2) is 0 Å². The Hall–Kier alpha value is -0.610. The number of carbonyl (C=O) groups excluding carboxylic acids is 1. The minimum absolute atomic E-state index is 0.264. The van der Waals surface area contributed by atoms with Gasteiger partial charge >= 0.3 is 0 Å². The van der Waals surface area contributed by atoms with Crippen molar-refractivity contribution in [1.82, 2.24) is 10.2 Å². The van der Waals surface area contributed by atoms with Gasteiger partial charge in [0, 0.05) is 26.6 Å². The van der Waals surface area contributed by atoms with Crippen molar-refractivity contribution < 1.29 is 9.53 Å². The second-order valence-corrected chi connectivity index (χ2v) is 6.08. The summed E-state index contributed by atoms with van der Waals surface area (Å²) in [6.45, 7) is 4.53. The molecular formula is C15H28N2O2. The van der Waals surface area contributed by atoms with Gasteiger partial charge in [-0.05, 0) is 57.0 Å². The van der Waals surface area contributed by atoms with Crippen LogP contribution >= 0.6 is 0 Å². The summed E-state index contributed by atoms with van der Waals surface area (Å²) in [4.78, 5) is 13.8. The molecule has 4 heteroatoms. The predicted molar refractivity (Wildman–Crippen MR) is 76.0 cm³/mol. The molecule has 0 radical (unpaired) electrons. The summed E-state index contributed by atoms with van der Waals surface area (Å²) >= 11 is 0. The molecule has 1 unspecified atom stereocenters. The van der Waals surface area contributed by atoms with E-state index in [4.69, 9.17) is 4.74 Å². The van der Waals surface area contributed by atoms with Gasteiger partial charge in [0.25, 0.3) is 0 Å². The summed E-state index contributed by atoms with van der Waals surface area (Å²) in [7, 11) is 1.89. The molecule has 0 aromatic carbocycles. The summed E-state index contributed by atoms with van der Waals surface area (Å²) in [5, 5.41) is 3.40. The zero-order valence-electron chi connectivity index (χ0n) is 12.2. The maximum absolute atomic E-state index is 12.0. The highest BCUT2D eigenvalue weighted by atomic mass is 16.5. The Labute approximate surface area is 116 Å². The molecule has 0 aromatic rings. The topological polar surface area (TPSA) is 41.6 Å². The fourth-order valence-electron chi connectivity index (χ4n) is 2.55. The maximum Gasteiger partial charge on any atom is 0.222 e. The number of likely N-dealkylation sites (N-methyl/N-ethyl adjacent to an activating group) is 1. The Morgan fingerprint density at radius 1 is 1.32 bits per heavy atom. The van der Waals surface area contributed by atoms with Crippen molar-refractivity contribution in [3.05, 3.63) is 0 Å². The van der Waals surface area contributed by atoms with Crippen molar-refractivity contribution in [3.63, 3.8) is 0 Å². The highest BCUT2D eigenvalue weighted by Crippen LogP contribution is 2.28. The van der Waals surface area contributed by atoms with E-state index in [1.165, 1.54) is 25.7 Å². The Morgan fingerprint density at radius 3 is 2.84 bits per heavy atom. The van der Waals surface area contributed by atoms with Crippen LogP contribution in [0.2, 0.25) is 0 Å². The van der Waals surface area contributed by atoms with Crippen LogP contribution in [0, 0.1) is 11.8 Å². The molecule has 1 saturated carbocycles. The van der Waals surface area contributed by atoms with Crippen LogP contribution in [0.15, 0.2) is 0 Å². The first-order valence-electron chi connectivity index (χ1n) is 7.78. The average Bonchev–Trinajstić information content (AvgIpc) is 3.26. The summed E-state index contributed by atoms with van der Waals surface area (Å²) in [5.41, 5.74) is 0. The zero-order chi connectivity index (χ0) is 13.5. The van der Waals surface area contributed by atoms with Gasteiger partial charge in [-0.3, -0.25) is 4.79 Å². The first kappa shape index (κ1) is 14.8. The molecule has 19 heavy (non-hydrogen) atoms. The molecule has 2 fully saturated rings. The van der Waals surface area contributed by atoms with Gasteiger partial charge in [0.05, 0.1) is 6.61 Å². The third kappa shape index (κ3) is 5.91. The Morgan fingerprint density at radius 2 is 2.16 bits per heavy atom. The van der Waals surface area contributed by atoms with Crippen LogP contribution in [-0.4, -0.2) is 50.7 Å². The predicted octanol–water partition coefficient (Wildman–Crippen LogP) is 1.65. The molecule has 2 rings (SSSR count). The van der Waals surface area contributed by atoms with Crippen LogP contribution in [0.4, 0.5) is 0 Å². The largest absolute Gasteiger partial charge is 0.379 e. The van der Waals surface area contributed by atoms with Gasteiger partial charge in [-0.1, -0.05) is 0 Å². The van der Waals surface area contributed by atoms with E-state index in [9.17, 15) is 4.79 Å². The third-order valence-corrected chi connectivity index (χ3v) is 4.21. The molecule has 0 bridgehead atoms. The van der Waals surface area contributed by atoms with Gasteiger partial charge in [-0.15, -0.1) is 0 Å². The first-order valence-corrected chi connectivity index (χ1v) is 7.78. The van der Waals surface area contributed by atoms with Crippen molar-refractivity contribution in [2.24, 2.45) is 11.8 Å². The van der Waals surface area contributed by atoms with E-state index in [1.807, 2.05) is 11.9 Å². The van der Waals surface area contributed by atoms with Gasteiger partial charge in [0.2, 0.25) is 5.91 Å². The van der Waals surface area contributed by atoms with E-state index in [-0.39, 0.29) is 5.91 Å². The standard InChI is InChI=1S/C15H28N2O2/c1-17(9-10-19-12-14-4-5-14)15(18)7-6-13-3-2-8-16-11-13/h13-14,16H,2-12H2,1H3. The van der Waals surface area contributed by atoms with Crippen LogP contribution in [-0.2, 0) is 9.53 Å². The summed E-state index contributed by atoms with van der Waals surface area (Å²) in [6, 6.07) is 0. The lowest BCUT2D eigenvalue weighted by Crippen LogP contribution is -2.33. The molecule has 1 heterocycles. The van der Waals surface area contributed by atoms with Gasteiger partial charge in [0.1, 0.15) is 0 Å². The lowest BCUT2D eigenvalue weighted by atomic mass is 9.94. The number of ether oxygens (including phenoxy) is 1. The molecule has 2 aliphatic rings. The van der Waals surface area contributed by atoms with Crippen LogP contribution in [0.5, 0.6) is 0 Å². The highest BCUT2D eigenvalue weighted by molar-refractivity contribution is 5.75. The molecule has 1 aliphatic carbocycles. The van der Waals surface area contributed by atoms with Crippen molar-refractivity contribution in [2.75, 3.05) is 39.9 Å². The fourth-order valence-corrected chi connectivity index (χ4v) is 2.55. The molecule has 1 aliphatic heterocycles. The fraction of sp³-hybridized carbons (Fsp3) is 0.933. The molecule has 110 valence electrons. The molecular weight excluding hydrogens is 240 g/mol. The lowest BCUT2D eigenvalue weighted by molar-refractivity contribution is -0.130. The Kier molecular flexibility index (Phi) is 6.11. The van der Waals surface area contributed by atoms with Crippen molar-refractivity contribution in [3.8, 4) is 0 Å². The van der Waals surface area contributed by atoms with Gasteiger partial charge in [-0.25, -0.2) is 0 Å². The third-order valence-electron chi connectivity index (χ3n) is 4.21. The smallest absolute Gasteiger partial charge is 0.222 e. The second kappa shape index (κ2) is 7.85. The van der Waals surface area contributed by atoms with E-state index >= 15 is 0 Å². The monoisotopic (exact) mass is 268 g/mol. The number of piperidine rings is 1. The number of carbonyl (C=O) groups is 1. The minimum atomic E-state index is 0.264. The molecule has 1 atom stereocenters. The van der Waals surface area contributed by atoms with Crippen LogP contribution in [0.1, 0.15) is 38.5 Å². The maximum atomic E-state index is 12.0. The molecule has 1 amide bonds. The molecule has 1 saturated heterocycles. The van der Waals surface area contributed by atoms with E-state index in [2.05, 4.69) is 5.32 Å². The molecule has 4 nitrogen and oxygen atoms in total. The van der Waals surface area contributed by atoms with Crippen molar-refractivity contribution >= 4 is 5.91 Å². The minimum Gasteiger partial charge on any atom is -0.379 e. The van der Waals surface area contributed by atoms with Crippen LogP contribution < -0.4 is 5.32 Å². The van der Waals surface area contributed by atoms with E-state index in [0.29, 0.717) is 18.9 Å². The number of amides is 1. The molecule has 0 aromatic heterocycles. The van der Waals surface area contributed by atoms with Gasteiger partial charge in [-0.2, -0.15) is 0 Å². The molecule has 0 spiro atoms. The van der Waals surface area contributed by atoms with Crippen LogP contribution in [0.3, 0.4) is 0 Å². The Bertz CT molecular complexity index is 273. The number of nitrogens with zero attached hydrogens (tertiary/aromatic N) is 1.